The predicted octanol–water partition coefficient (Wildman–Crippen LogP) is 3.84. The van der Waals surface area contributed by atoms with Gasteiger partial charge in [0.1, 0.15) is 5.75 Å². The second kappa shape index (κ2) is 9.10. The molecule has 0 aliphatic rings. The molecule has 27 heavy (non-hydrogen) atoms. The largest absolute Gasteiger partial charge is 0.496 e. The molecule has 6 nitrogen and oxygen atoms in total. The van der Waals surface area contributed by atoms with E-state index in [9.17, 15) is 8.42 Å². The lowest BCUT2D eigenvalue weighted by Crippen LogP contribution is -2.27. The van der Waals surface area contributed by atoms with Crippen LogP contribution in [0.5, 0.6) is 17.2 Å². The molecule has 0 aliphatic carbocycles. The van der Waals surface area contributed by atoms with Gasteiger partial charge in [-0.3, -0.25) is 0 Å². The van der Waals surface area contributed by atoms with Crippen LogP contribution in [0.4, 0.5) is 0 Å². The fraction of sp³-hybridized carbons (Fsp3) is 0.400. The summed E-state index contributed by atoms with van der Waals surface area (Å²) in [6.07, 6.45) is 0. The van der Waals surface area contributed by atoms with Crippen LogP contribution in [0.25, 0.3) is 0 Å². The molecule has 0 radical (unpaired) electrons. The van der Waals surface area contributed by atoms with Crippen LogP contribution < -0.4 is 18.9 Å². The molecule has 0 heterocycles. The molecule has 1 unspecified atom stereocenters. The number of benzene rings is 2. The highest BCUT2D eigenvalue weighted by atomic mass is 32.2. The Morgan fingerprint density at radius 3 is 2.19 bits per heavy atom. The van der Waals surface area contributed by atoms with Crippen molar-refractivity contribution in [3.63, 3.8) is 0 Å². The minimum Gasteiger partial charge on any atom is -0.496 e. The number of sulfonamides is 1. The predicted molar refractivity (Wildman–Crippen MR) is 105 cm³/mol. The van der Waals surface area contributed by atoms with Gasteiger partial charge in [-0.1, -0.05) is 6.07 Å². The molecule has 2 aromatic rings. The summed E-state index contributed by atoms with van der Waals surface area (Å²) >= 11 is 0. The van der Waals surface area contributed by atoms with Crippen LogP contribution >= 0.6 is 0 Å². The average molecular weight is 394 g/mol. The molecule has 0 saturated carbocycles. The lowest BCUT2D eigenvalue weighted by Gasteiger charge is -2.18. The quantitative estimate of drug-likeness (QED) is 0.701. The maximum absolute atomic E-state index is 12.7. The third-order valence-electron chi connectivity index (χ3n) is 4.08. The first kappa shape index (κ1) is 21.1. The smallest absolute Gasteiger partial charge is 0.241 e. The summed E-state index contributed by atoms with van der Waals surface area (Å²) in [5.41, 5.74) is 1.54. The first-order valence-electron chi connectivity index (χ1n) is 8.88. The minimum atomic E-state index is -3.68. The van der Waals surface area contributed by atoms with Crippen molar-refractivity contribution in [2.24, 2.45) is 0 Å². The van der Waals surface area contributed by atoms with Gasteiger partial charge in [0.2, 0.25) is 10.0 Å². The molecule has 0 amide bonds. The zero-order valence-electron chi connectivity index (χ0n) is 16.4. The second-order valence-electron chi connectivity index (χ2n) is 6.05. The Labute approximate surface area is 161 Å². The van der Waals surface area contributed by atoms with Crippen molar-refractivity contribution in [1.82, 2.24) is 4.72 Å². The highest BCUT2D eigenvalue weighted by molar-refractivity contribution is 7.89. The van der Waals surface area contributed by atoms with Crippen molar-refractivity contribution in [3.05, 3.63) is 47.5 Å². The van der Waals surface area contributed by atoms with Gasteiger partial charge in [0.05, 0.1) is 25.2 Å². The molecule has 2 aromatic carbocycles. The normalized spacial score (nSPS) is 12.5. The van der Waals surface area contributed by atoms with E-state index in [0.29, 0.717) is 30.5 Å². The Bertz CT molecular complexity index is 880. The van der Waals surface area contributed by atoms with Crippen LogP contribution in [0.15, 0.2) is 41.3 Å². The maximum atomic E-state index is 12.7. The molecule has 2 rings (SSSR count). The molecule has 0 fully saturated rings. The molecule has 0 spiro atoms. The zero-order valence-corrected chi connectivity index (χ0v) is 17.2. The standard InChI is InChI=1S/C20H27NO5S/c1-6-25-19-10-8-16(13-20(19)26-7-2)15(4)21-27(22,23)17-9-11-18(24-5)14(3)12-17/h8-13,15,21H,6-7H2,1-5H3. The van der Waals surface area contributed by atoms with Crippen LogP contribution in [0.2, 0.25) is 0 Å². The van der Waals surface area contributed by atoms with E-state index in [0.717, 1.165) is 11.1 Å². The number of rotatable bonds is 9. The number of aryl methyl sites for hydroxylation is 1. The molecular weight excluding hydrogens is 366 g/mol. The van der Waals surface area contributed by atoms with E-state index in [2.05, 4.69) is 4.72 Å². The number of methoxy groups -OCH3 is 1. The number of ether oxygens (including phenoxy) is 3. The molecule has 0 saturated heterocycles. The SMILES string of the molecule is CCOc1ccc(C(C)NS(=O)(=O)c2ccc(OC)c(C)c2)cc1OCC. The first-order valence-corrected chi connectivity index (χ1v) is 10.4. The van der Waals surface area contributed by atoms with Crippen LogP contribution in [-0.4, -0.2) is 28.7 Å². The summed E-state index contributed by atoms with van der Waals surface area (Å²) in [4.78, 5) is 0.198. The summed E-state index contributed by atoms with van der Waals surface area (Å²) in [5.74, 6) is 1.89. The molecule has 0 aromatic heterocycles. The first-order chi connectivity index (χ1) is 12.8. The lowest BCUT2D eigenvalue weighted by atomic mass is 10.1. The van der Waals surface area contributed by atoms with E-state index < -0.39 is 16.1 Å². The van der Waals surface area contributed by atoms with E-state index in [1.165, 1.54) is 6.07 Å². The van der Waals surface area contributed by atoms with Gasteiger partial charge < -0.3 is 14.2 Å². The van der Waals surface area contributed by atoms with E-state index in [1.54, 1.807) is 38.3 Å². The lowest BCUT2D eigenvalue weighted by molar-refractivity contribution is 0.287. The monoisotopic (exact) mass is 393 g/mol. The fourth-order valence-corrected chi connectivity index (χ4v) is 4.04. The van der Waals surface area contributed by atoms with E-state index in [4.69, 9.17) is 14.2 Å². The summed E-state index contributed by atoms with van der Waals surface area (Å²) in [5, 5.41) is 0. The van der Waals surface area contributed by atoms with Gasteiger partial charge in [0.25, 0.3) is 0 Å². The highest BCUT2D eigenvalue weighted by Crippen LogP contribution is 2.31. The Kier molecular flexibility index (Phi) is 7.10. The van der Waals surface area contributed by atoms with Gasteiger partial charge in [-0.05, 0) is 69.2 Å². The van der Waals surface area contributed by atoms with Gasteiger partial charge >= 0.3 is 0 Å². The highest BCUT2D eigenvalue weighted by Gasteiger charge is 2.20. The van der Waals surface area contributed by atoms with Gasteiger partial charge in [-0.2, -0.15) is 0 Å². The Morgan fingerprint density at radius 1 is 0.963 bits per heavy atom. The summed E-state index contributed by atoms with van der Waals surface area (Å²) in [7, 11) is -2.12. The molecule has 148 valence electrons. The fourth-order valence-electron chi connectivity index (χ4n) is 2.72. The minimum absolute atomic E-state index is 0.198. The van der Waals surface area contributed by atoms with Crippen molar-refractivity contribution in [3.8, 4) is 17.2 Å². The number of hydrogen-bond donors (Lipinski definition) is 1. The van der Waals surface area contributed by atoms with Crippen molar-refractivity contribution >= 4 is 10.0 Å². The molecular formula is C20H27NO5S. The van der Waals surface area contributed by atoms with Crippen molar-refractivity contribution in [1.29, 1.82) is 0 Å². The van der Waals surface area contributed by atoms with Gasteiger partial charge in [-0.15, -0.1) is 0 Å². The molecule has 0 bridgehead atoms. The Balaban J connectivity index is 2.26. The van der Waals surface area contributed by atoms with Crippen LogP contribution in [0, 0.1) is 6.92 Å². The third kappa shape index (κ3) is 5.14. The zero-order chi connectivity index (χ0) is 20.0. The van der Waals surface area contributed by atoms with Crippen molar-refractivity contribution < 1.29 is 22.6 Å². The average Bonchev–Trinajstić information content (AvgIpc) is 2.63. The van der Waals surface area contributed by atoms with Crippen LogP contribution in [0.1, 0.15) is 37.9 Å². The van der Waals surface area contributed by atoms with Gasteiger partial charge in [0.15, 0.2) is 11.5 Å². The second-order valence-corrected chi connectivity index (χ2v) is 7.76. The van der Waals surface area contributed by atoms with Crippen LogP contribution in [0.3, 0.4) is 0 Å². The number of hydrogen-bond acceptors (Lipinski definition) is 5. The van der Waals surface area contributed by atoms with Crippen LogP contribution in [-0.2, 0) is 10.0 Å². The number of nitrogens with one attached hydrogen (secondary N) is 1. The Morgan fingerprint density at radius 2 is 1.59 bits per heavy atom. The summed E-state index contributed by atoms with van der Waals surface area (Å²) < 4.78 is 44.6. The molecule has 0 aliphatic heterocycles. The summed E-state index contributed by atoms with van der Waals surface area (Å²) in [6, 6.07) is 9.78. The van der Waals surface area contributed by atoms with E-state index in [-0.39, 0.29) is 4.90 Å². The Hall–Kier alpha value is -2.25. The molecule has 7 heteroatoms. The van der Waals surface area contributed by atoms with E-state index in [1.807, 2.05) is 26.8 Å². The van der Waals surface area contributed by atoms with Gasteiger partial charge in [0, 0.05) is 6.04 Å². The third-order valence-corrected chi connectivity index (χ3v) is 5.61. The topological polar surface area (TPSA) is 73.9 Å². The van der Waals surface area contributed by atoms with Gasteiger partial charge in [-0.25, -0.2) is 13.1 Å². The summed E-state index contributed by atoms with van der Waals surface area (Å²) in [6.45, 7) is 8.41. The van der Waals surface area contributed by atoms with E-state index >= 15 is 0 Å². The molecule has 1 N–H and O–H groups in total. The van der Waals surface area contributed by atoms with Crippen molar-refractivity contribution in [2.75, 3.05) is 20.3 Å². The molecule has 1 atom stereocenters. The maximum Gasteiger partial charge on any atom is 0.241 e. The van der Waals surface area contributed by atoms with Crippen molar-refractivity contribution in [2.45, 2.75) is 38.6 Å².